The second kappa shape index (κ2) is 14.0. The van der Waals surface area contributed by atoms with Gasteiger partial charge in [-0.15, -0.1) is 0 Å². The minimum absolute atomic E-state index is 0.394. The van der Waals surface area contributed by atoms with Crippen molar-refractivity contribution in [3.8, 4) is 75.1 Å². The highest BCUT2D eigenvalue weighted by atomic mass is 15.1. The van der Waals surface area contributed by atoms with E-state index in [4.69, 9.17) is 0 Å². The second-order valence-electron chi connectivity index (χ2n) is 14.5. The highest BCUT2D eigenvalue weighted by molar-refractivity contribution is 6.13. The number of benzene rings is 7. The third-order valence-electron chi connectivity index (χ3n) is 11.1. The molecule has 8 heteroatoms. The van der Waals surface area contributed by atoms with Gasteiger partial charge in [-0.1, -0.05) is 66.7 Å². The molecule has 0 aliphatic heterocycles. The molecule has 8 nitrogen and oxygen atoms in total. The van der Waals surface area contributed by atoms with Crippen LogP contribution in [0.4, 0.5) is 0 Å². The lowest BCUT2D eigenvalue weighted by Crippen LogP contribution is -2.05. The topological polar surface area (TPSA) is 142 Å². The van der Waals surface area contributed by atoms with Crippen LogP contribution in [0.2, 0.25) is 0 Å². The summed E-state index contributed by atoms with van der Waals surface area (Å²) in [6, 6.07) is 58.2. The normalized spacial score (nSPS) is 10.9. The molecule has 3 aromatic heterocycles. The van der Waals surface area contributed by atoms with Gasteiger partial charge in [0.1, 0.15) is 0 Å². The van der Waals surface area contributed by atoms with Crippen LogP contribution in [0.5, 0.6) is 0 Å². The third kappa shape index (κ3) is 5.61. The maximum Gasteiger partial charge on any atom is 0.0999 e. The van der Waals surface area contributed by atoms with Gasteiger partial charge in [0.05, 0.1) is 91.6 Å². The van der Waals surface area contributed by atoms with Crippen molar-refractivity contribution in [3.05, 3.63) is 186 Å². The second-order valence-corrected chi connectivity index (χ2v) is 14.5. The zero-order valence-electron chi connectivity index (χ0n) is 31.6. The van der Waals surface area contributed by atoms with E-state index in [1.807, 2.05) is 54.6 Å². The Hall–Kier alpha value is -9.26. The molecule has 274 valence electrons. The van der Waals surface area contributed by atoms with Gasteiger partial charge >= 0.3 is 0 Å². The van der Waals surface area contributed by atoms with Crippen LogP contribution in [0.3, 0.4) is 0 Å². The molecule has 10 rings (SSSR count). The average molecular weight is 763 g/mol. The minimum atomic E-state index is 0.394. The van der Waals surface area contributed by atoms with Crippen LogP contribution < -0.4 is 0 Å². The van der Waals surface area contributed by atoms with Crippen LogP contribution in [0.1, 0.15) is 27.8 Å². The van der Waals surface area contributed by atoms with Crippen molar-refractivity contribution in [1.82, 2.24) is 14.1 Å². The van der Waals surface area contributed by atoms with Gasteiger partial charge in [0.2, 0.25) is 0 Å². The van der Waals surface area contributed by atoms with Gasteiger partial charge in [-0.05, 0) is 101 Å². The predicted octanol–water partition coefficient (Wildman–Crippen LogP) is 11.6. The van der Waals surface area contributed by atoms with Gasteiger partial charge in [-0.25, -0.2) is 0 Å². The fourth-order valence-corrected chi connectivity index (χ4v) is 8.45. The van der Waals surface area contributed by atoms with Crippen molar-refractivity contribution in [2.24, 2.45) is 0 Å². The van der Waals surface area contributed by atoms with Crippen molar-refractivity contribution >= 4 is 43.6 Å². The van der Waals surface area contributed by atoms with Gasteiger partial charge in [-0.2, -0.15) is 26.3 Å². The smallest absolute Gasteiger partial charge is 0.0999 e. The summed E-state index contributed by atoms with van der Waals surface area (Å²) in [5.41, 5.74) is 11.9. The summed E-state index contributed by atoms with van der Waals surface area (Å²) in [6.45, 7) is 0. The zero-order valence-corrected chi connectivity index (χ0v) is 31.6. The first-order valence-corrected chi connectivity index (χ1v) is 19.0. The first-order chi connectivity index (χ1) is 29.5. The number of nitrogens with zero attached hydrogens (tertiary/aromatic N) is 8. The predicted molar refractivity (Wildman–Crippen MR) is 233 cm³/mol. The molecule has 0 aliphatic carbocycles. The summed E-state index contributed by atoms with van der Waals surface area (Å²) in [7, 11) is 0. The number of aromatic nitrogens is 3. The van der Waals surface area contributed by atoms with Crippen molar-refractivity contribution in [2.45, 2.75) is 0 Å². The molecule has 0 atom stereocenters. The van der Waals surface area contributed by atoms with E-state index in [0.717, 1.165) is 82.8 Å². The molecular formula is C52H26N8. The highest BCUT2D eigenvalue weighted by Gasteiger charge is 2.23. The van der Waals surface area contributed by atoms with Crippen LogP contribution in [0.15, 0.2) is 158 Å². The van der Waals surface area contributed by atoms with Crippen molar-refractivity contribution in [2.75, 3.05) is 0 Å². The van der Waals surface area contributed by atoms with Crippen molar-refractivity contribution in [3.63, 3.8) is 0 Å². The number of rotatable bonds is 5. The zero-order chi connectivity index (χ0) is 40.9. The molecular weight excluding hydrogens is 737 g/mol. The Bertz CT molecular complexity index is 3600. The van der Waals surface area contributed by atoms with E-state index in [-0.39, 0.29) is 0 Å². The quantitative estimate of drug-likeness (QED) is 0.171. The first-order valence-electron chi connectivity index (χ1n) is 19.0. The lowest BCUT2D eigenvalue weighted by Gasteiger charge is -2.20. The van der Waals surface area contributed by atoms with Crippen molar-refractivity contribution in [1.29, 1.82) is 26.3 Å². The van der Waals surface area contributed by atoms with E-state index in [2.05, 4.69) is 99.1 Å². The number of fused-ring (bicyclic) bond motifs is 6. The number of nitriles is 5. The Labute approximate surface area is 343 Å². The summed E-state index contributed by atoms with van der Waals surface area (Å²) in [6.07, 6.45) is 3.47. The number of hydrogen-bond donors (Lipinski definition) is 0. The molecule has 0 saturated carbocycles. The molecule has 0 radical (unpaired) electrons. The molecule has 3 heterocycles. The van der Waals surface area contributed by atoms with E-state index < -0.39 is 0 Å². The number of pyridine rings is 1. The minimum Gasteiger partial charge on any atom is -0.307 e. The van der Waals surface area contributed by atoms with Crippen LogP contribution >= 0.6 is 0 Å². The van der Waals surface area contributed by atoms with Crippen LogP contribution in [-0.4, -0.2) is 14.1 Å². The standard InChI is InChI=1S/C52H26N8/c53-26-32-16-33(27-54)19-39(18-32)36-11-13-44-42-7-1-3-9-47(42)59(49(44)22-36)51-24-41(30-57)46(38-6-5-15-58-31-38)25-52(51)60-48-10-4-2-8-43(48)45-14-12-37(23-50(45)60)40-20-34(28-55)17-35(21-40)29-56/h1-25,31H. The molecule has 0 spiro atoms. The Morgan fingerprint density at radius 2 is 0.833 bits per heavy atom. The summed E-state index contributed by atoms with van der Waals surface area (Å²) >= 11 is 0. The number of hydrogen-bond acceptors (Lipinski definition) is 6. The lowest BCUT2D eigenvalue weighted by atomic mass is 9.98. The van der Waals surface area contributed by atoms with E-state index in [9.17, 15) is 26.3 Å². The Kier molecular flexibility index (Phi) is 8.23. The molecule has 7 aromatic carbocycles. The summed E-state index contributed by atoms with van der Waals surface area (Å²) in [5, 5.41) is 54.2. The van der Waals surface area contributed by atoms with Gasteiger partial charge in [0.25, 0.3) is 0 Å². The summed E-state index contributed by atoms with van der Waals surface area (Å²) < 4.78 is 4.42. The monoisotopic (exact) mass is 762 g/mol. The molecule has 0 amide bonds. The van der Waals surface area contributed by atoms with Gasteiger partial charge in [-0.3, -0.25) is 4.98 Å². The molecule has 0 fully saturated rings. The molecule has 60 heavy (non-hydrogen) atoms. The molecule has 10 aromatic rings. The largest absolute Gasteiger partial charge is 0.307 e. The highest BCUT2D eigenvalue weighted by Crippen LogP contribution is 2.42. The van der Waals surface area contributed by atoms with Crippen LogP contribution in [0.25, 0.3) is 88.4 Å². The Balaban J connectivity index is 1.34. The maximum atomic E-state index is 10.8. The third-order valence-corrected chi connectivity index (χ3v) is 11.1. The van der Waals surface area contributed by atoms with E-state index in [1.165, 1.54) is 0 Å². The van der Waals surface area contributed by atoms with Crippen molar-refractivity contribution < 1.29 is 0 Å². The Morgan fingerprint density at radius 3 is 1.28 bits per heavy atom. The molecule has 0 saturated heterocycles. The fourth-order valence-electron chi connectivity index (χ4n) is 8.45. The van der Waals surface area contributed by atoms with E-state index >= 15 is 0 Å². The first kappa shape index (κ1) is 35.2. The fraction of sp³-hybridized carbons (Fsp3) is 0. The van der Waals surface area contributed by atoms with Gasteiger partial charge < -0.3 is 9.13 Å². The summed E-state index contributed by atoms with van der Waals surface area (Å²) in [4.78, 5) is 4.41. The Morgan fingerprint density at radius 1 is 0.367 bits per heavy atom. The van der Waals surface area contributed by atoms with Gasteiger partial charge in [0.15, 0.2) is 0 Å². The molecule has 0 aliphatic rings. The maximum absolute atomic E-state index is 10.8. The molecule has 0 unspecified atom stereocenters. The summed E-state index contributed by atoms with van der Waals surface area (Å²) in [5.74, 6) is 0. The molecule has 0 bridgehead atoms. The van der Waals surface area contributed by atoms with Gasteiger partial charge in [0, 0.05) is 45.1 Å². The lowest BCUT2D eigenvalue weighted by molar-refractivity contribution is 1.09. The average Bonchev–Trinajstić information content (AvgIpc) is 3.82. The number of para-hydroxylation sites is 2. The van der Waals surface area contributed by atoms with Crippen LogP contribution in [-0.2, 0) is 0 Å². The van der Waals surface area contributed by atoms with E-state index in [0.29, 0.717) is 33.4 Å². The van der Waals surface area contributed by atoms with Crippen LogP contribution in [0, 0.1) is 56.7 Å². The molecule has 0 N–H and O–H groups in total. The SMILES string of the molecule is N#Cc1cc(C#N)cc(-c2ccc3c4ccccc4n(-c4cc(C#N)c(-c5cccnc5)cc4-n4c5ccccc5c5ccc(-c6cc(C#N)cc(C#N)c6)cc54)c3c2)c1. The van der Waals surface area contributed by atoms with E-state index in [1.54, 1.807) is 48.8 Å².